The maximum atomic E-state index is 9.61. The van der Waals surface area contributed by atoms with E-state index in [2.05, 4.69) is 0 Å². The van der Waals surface area contributed by atoms with Crippen LogP contribution in [0.2, 0.25) is 0 Å². The minimum atomic E-state index is -0.827. The summed E-state index contributed by atoms with van der Waals surface area (Å²) in [6.45, 7) is 2.17. The zero-order chi connectivity index (χ0) is 12.3. The molecule has 1 aliphatic rings. The van der Waals surface area contributed by atoms with E-state index in [-0.39, 0.29) is 0 Å². The Hall–Kier alpha value is -0.940. The first-order chi connectivity index (χ1) is 8.16. The van der Waals surface area contributed by atoms with Crippen molar-refractivity contribution in [3.05, 3.63) is 35.9 Å². The average molecular weight is 238 g/mol. The molecule has 2 N–H and O–H groups in total. The largest absolute Gasteiger partial charge is 0.390 e. The summed E-state index contributed by atoms with van der Waals surface area (Å²) in [6, 6.07) is 9.78. The summed E-state index contributed by atoms with van der Waals surface area (Å²) in [6.07, 6.45) is -2.16. The Morgan fingerprint density at radius 3 is 2.65 bits per heavy atom. The SMILES string of the molecule is C[C@H]1O[C@@H](OCc2ccccc2)C[C@H](O)[C@H]1O. The molecule has 0 amide bonds. The highest BCUT2D eigenvalue weighted by atomic mass is 16.7. The molecule has 1 saturated heterocycles. The van der Waals surface area contributed by atoms with Crippen LogP contribution in [0.5, 0.6) is 0 Å². The smallest absolute Gasteiger partial charge is 0.161 e. The van der Waals surface area contributed by atoms with E-state index in [0.29, 0.717) is 13.0 Å². The molecule has 4 atom stereocenters. The number of aliphatic hydroxyl groups excluding tert-OH is 2. The number of ether oxygens (including phenoxy) is 2. The van der Waals surface area contributed by atoms with Crippen LogP contribution < -0.4 is 0 Å². The van der Waals surface area contributed by atoms with Crippen LogP contribution in [-0.2, 0) is 16.1 Å². The first-order valence-electron chi connectivity index (χ1n) is 5.84. The summed E-state index contributed by atoms with van der Waals surface area (Å²) in [5.41, 5.74) is 1.06. The zero-order valence-corrected chi connectivity index (χ0v) is 9.82. The van der Waals surface area contributed by atoms with Gasteiger partial charge in [-0.2, -0.15) is 0 Å². The normalized spacial score (nSPS) is 33.6. The summed E-state index contributed by atoms with van der Waals surface area (Å²) in [5, 5.41) is 19.1. The van der Waals surface area contributed by atoms with E-state index in [0.717, 1.165) is 5.56 Å². The van der Waals surface area contributed by atoms with E-state index in [1.165, 1.54) is 0 Å². The Labute approximate surface area is 101 Å². The highest BCUT2D eigenvalue weighted by Crippen LogP contribution is 2.21. The third kappa shape index (κ3) is 3.26. The van der Waals surface area contributed by atoms with Gasteiger partial charge in [-0.05, 0) is 12.5 Å². The second-order valence-electron chi connectivity index (χ2n) is 4.36. The van der Waals surface area contributed by atoms with Gasteiger partial charge in [0.1, 0.15) is 6.10 Å². The lowest BCUT2D eigenvalue weighted by atomic mass is 10.0. The molecule has 0 saturated carbocycles. The van der Waals surface area contributed by atoms with Gasteiger partial charge in [-0.3, -0.25) is 0 Å². The molecule has 1 aliphatic heterocycles. The van der Waals surface area contributed by atoms with Gasteiger partial charge in [-0.1, -0.05) is 30.3 Å². The van der Waals surface area contributed by atoms with Crippen molar-refractivity contribution < 1.29 is 19.7 Å². The Morgan fingerprint density at radius 1 is 1.29 bits per heavy atom. The quantitative estimate of drug-likeness (QED) is 0.826. The average Bonchev–Trinajstić information content (AvgIpc) is 2.34. The number of benzene rings is 1. The third-order valence-electron chi connectivity index (χ3n) is 2.95. The molecule has 0 spiro atoms. The fraction of sp³-hybridized carbons (Fsp3) is 0.538. The van der Waals surface area contributed by atoms with Crippen molar-refractivity contribution in [1.82, 2.24) is 0 Å². The van der Waals surface area contributed by atoms with Crippen molar-refractivity contribution in [2.45, 2.75) is 44.6 Å². The van der Waals surface area contributed by atoms with Gasteiger partial charge < -0.3 is 19.7 Å². The molecule has 1 aromatic rings. The van der Waals surface area contributed by atoms with Crippen LogP contribution in [0.4, 0.5) is 0 Å². The maximum absolute atomic E-state index is 9.61. The lowest BCUT2D eigenvalue weighted by Crippen LogP contribution is -2.47. The van der Waals surface area contributed by atoms with Gasteiger partial charge >= 0.3 is 0 Å². The highest BCUT2D eigenvalue weighted by molar-refractivity contribution is 5.13. The molecule has 0 bridgehead atoms. The fourth-order valence-corrected chi connectivity index (χ4v) is 1.90. The molecule has 4 heteroatoms. The van der Waals surface area contributed by atoms with Crippen LogP contribution >= 0.6 is 0 Å². The van der Waals surface area contributed by atoms with Gasteiger partial charge in [0, 0.05) is 6.42 Å². The Morgan fingerprint density at radius 2 is 2.00 bits per heavy atom. The molecule has 1 aromatic carbocycles. The second kappa shape index (κ2) is 5.60. The lowest BCUT2D eigenvalue weighted by Gasteiger charge is -2.35. The molecule has 0 unspecified atom stereocenters. The molecule has 2 rings (SSSR count). The maximum Gasteiger partial charge on any atom is 0.161 e. The van der Waals surface area contributed by atoms with E-state index in [1.807, 2.05) is 30.3 Å². The minimum absolute atomic E-state index is 0.304. The molecule has 0 aliphatic carbocycles. The summed E-state index contributed by atoms with van der Waals surface area (Å²) in [4.78, 5) is 0. The summed E-state index contributed by atoms with van der Waals surface area (Å²) >= 11 is 0. The van der Waals surface area contributed by atoms with E-state index in [4.69, 9.17) is 9.47 Å². The molecule has 1 heterocycles. The predicted octanol–water partition coefficient (Wildman–Crippen LogP) is 1.06. The lowest BCUT2D eigenvalue weighted by molar-refractivity contribution is -0.249. The summed E-state index contributed by atoms with van der Waals surface area (Å²) in [5.74, 6) is 0. The monoisotopic (exact) mass is 238 g/mol. The van der Waals surface area contributed by atoms with E-state index in [1.54, 1.807) is 6.92 Å². The fourth-order valence-electron chi connectivity index (χ4n) is 1.90. The van der Waals surface area contributed by atoms with E-state index in [9.17, 15) is 10.2 Å². The second-order valence-corrected chi connectivity index (χ2v) is 4.36. The molecular weight excluding hydrogens is 220 g/mol. The van der Waals surface area contributed by atoms with E-state index >= 15 is 0 Å². The Kier molecular flexibility index (Phi) is 4.12. The van der Waals surface area contributed by atoms with Crippen LogP contribution in [0.25, 0.3) is 0 Å². The number of rotatable bonds is 3. The molecule has 4 nitrogen and oxygen atoms in total. The predicted molar refractivity (Wildman–Crippen MR) is 62.2 cm³/mol. The van der Waals surface area contributed by atoms with Crippen molar-refractivity contribution in [3.63, 3.8) is 0 Å². The van der Waals surface area contributed by atoms with Crippen molar-refractivity contribution in [2.24, 2.45) is 0 Å². The number of hydrogen-bond acceptors (Lipinski definition) is 4. The van der Waals surface area contributed by atoms with Crippen LogP contribution in [0.3, 0.4) is 0 Å². The Balaban J connectivity index is 1.84. The molecule has 0 radical (unpaired) electrons. The first kappa shape index (κ1) is 12.5. The van der Waals surface area contributed by atoms with Crippen molar-refractivity contribution in [3.8, 4) is 0 Å². The summed E-state index contributed by atoms with van der Waals surface area (Å²) < 4.78 is 11.0. The molecule has 1 fully saturated rings. The van der Waals surface area contributed by atoms with E-state index < -0.39 is 24.6 Å². The number of hydrogen-bond donors (Lipinski definition) is 2. The van der Waals surface area contributed by atoms with Gasteiger partial charge in [0.15, 0.2) is 6.29 Å². The summed E-state index contributed by atoms with van der Waals surface area (Å²) in [7, 11) is 0. The van der Waals surface area contributed by atoms with Crippen molar-refractivity contribution in [1.29, 1.82) is 0 Å². The molecule has 17 heavy (non-hydrogen) atoms. The van der Waals surface area contributed by atoms with Crippen LogP contribution in [0.15, 0.2) is 30.3 Å². The van der Waals surface area contributed by atoms with Gasteiger partial charge in [0.2, 0.25) is 0 Å². The minimum Gasteiger partial charge on any atom is -0.390 e. The van der Waals surface area contributed by atoms with Crippen LogP contribution in [0.1, 0.15) is 18.9 Å². The van der Waals surface area contributed by atoms with Crippen LogP contribution in [-0.4, -0.2) is 34.8 Å². The Bertz CT molecular complexity index is 329. The molecule has 94 valence electrons. The standard InChI is InChI=1S/C13H18O4/c1-9-13(15)11(14)7-12(17-9)16-8-10-5-3-2-4-6-10/h2-6,9,11-15H,7-8H2,1H3/t9-,11+,12-,13+/m1/s1. The third-order valence-corrected chi connectivity index (χ3v) is 2.95. The van der Waals surface area contributed by atoms with Crippen LogP contribution in [0, 0.1) is 0 Å². The molecule has 0 aromatic heterocycles. The van der Waals surface area contributed by atoms with Gasteiger partial charge in [0.25, 0.3) is 0 Å². The van der Waals surface area contributed by atoms with Crippen molar-refractivity contribution >= 4 is 0 Å². The van der Waals surface area contributed by atoms with Gasteiger partial charge in [-0.15, -0.1) is 0 Å². The topological polar surface area (TPSA) is 58.9 Å². The zero-order valence-electron chi connectivity index (χ0n) is 9.82. The van der Waals surface area contributed by atoms with Crippen molar-refractivity contribution in [2.75, 3.05) is 0 Å². The number of aliphatic hydroxyl groups is 2. The highest BCUT2D eigenvalue weighted by Gasteiger charge is 2.34. The van der Waals surface area contributed by atoms with Gasteiger partial charge in [-0.25, -0.2) is 0 Å². The molecular formula is C13H18O4. The first-order valence-corrected chi connectivity index (χ1v) is 5.84. The van der Waals surface area contributed by atoms with Gasteiger partial charge in [0.05, 0.1) is 18.8 Å².